The number of amides is 1. The molecule has 0 spiro atoms. The number of H-pyrrole nitrogens is 1. The van der Waals surface area contributed by atoms with Crippen molar-refractivity contribution in [1.82, 2.24) is 15.3 Å². The molecule has 0 radical (unpaired) electrons. The molecule has 1 aromatic heterocycles. The number of nitriles is 1. The maximum absolute atomic E-state index is 13.8. The lowest BCUT2D eigenvalue weighted by molar-refractivity contribution is -0.122. The van der Waals surface area contributed by atoms with Gasteiger partial charge in [0.2, 0.25) is 5.91 Å². The number of nitrogens with one attached hydrogen (secondary N) is 2. The summed E-state index contributed by atoms with van der Waals surface area (Å²) in [5, 5.41) is 11.7. The van der Waals surface area contributed by atoms with Gasteiger partial charge in [-0.15, -0.1) is 0 Å². The van der Waals surface area contributed by atoms with Gasteiger partial charge in [-0.25, -0.2) is 13.8 Å². The van der Waals surface area contributed by atoms with Crippen LogP contribution in [-0.2, 0) is 11.3 Å². The van der Waals surface area contributed by atoms with E-state index in [1.165, 1.54) is 6.07 Å². The van der Waals surface area contributed by atoms with Crippen LogP contribution >= 0.6 is 0 Å². The molecule has 0 bridgehead atoms. The Hall–Kier alpha value is -3.47. The van der Waals surface area contributed by atoms with E-state index in [2.05, 4.69) is 21.4 Å². The monoisotopic (exact) mass is 381 g/mol. The van der Waals surface area contributed by atoms with Gasteiger partial charge < -0.3 is 15.2 Å². The average Bonchev–Trinajstić information content (AvgIpc) is 3.36. The minimum absolute atomic E-state index is 0.0793. The Morgan fingerprint density at radius 2 is 2.07 bits per heavy atom. The fraction of sp³-hybridized carbons (Fsp3) is 0.250. The molecule has 4 rings (SSSR count). The van der Waals surface area contributed by atoms with Gasteiger partial charge in [0.25, 0.3) is 0 Å². The van der Waals surface area contributed by atoms with Crippen molar-refractivity contribution in [3.05, 3.63) is 59.4 Å². The quantitative estimate of drug-likeness (QED) is 0.728. The number of aromatic nitrogens is 2. The molecule has 1 unspecified atom stereocenters. The number of imidazole rings is 1. The lowest BCUT2D eigenvalue weighted by atomic mass is 10.1. The molecule has 2 aromatic carbocycles. The minimum Gasteiger partial charge on any atom is -0.360 e. The molecular formula is C20H17F2N5O. The molecule has 2 heterocycles. The molecule has 2 N–H and O–H groups in total. The Balaban J connectivity index is 1.45. The molecule has 1 aliphatic rings. The summed E-state index contributed by atoms with van der Waals surface area (Å²) in [4.78, 5) is 21.6. The van der Waals surface area contributed by atoms with Gasteiger partial charge in [0.05, 0.1) is 23.7 Å². The number of nitrogens with zero attached hydrogens (tertiary/aromatic N) is 3. The summed E-state index contributed by atoms with van der Waals surface area (Å²) in [5.74, 6) is -1.77. The van der Waals surface area contributed by atoms with Gasteiger partial charge in [0.15, 0.2) is 11.6 Å². The van der Waals surface area contributed by atoms with Crippen LogP contribution < -0.4 is 10.2 Å². The highest BCUT2D eigenvalue weighted by molar-refractivity contribution is 5.86. The molecule has 1 atom stereocenters. The standard InChI is InChI=1S/C20H17F2N5O/c21-14-7-8-15-19(18(14)22)26-17(25-15)11-24-20(28)16-2-1-9-27(16)13-5-3-12(10-23)4-6-13/h3-8,16H,1-2,9,11H2,(H,24,28)(H,25,26). The van der Waals surface area contributed by atoms with Gasteiger partial charge >= 0.3 is 0 Å². The van der Waals surface area contributed by atoms with Crippen molar-refractivity contribution in [1.29, 1.82) is 5.26 Å². The maximum atomic E-state index is 13.8. The number of fused-ring (bicyclic) bond motifs is 1. The van der Waals surface area contributed by atoms with Crippen LogP contribution in [0.4, 0.5) is 14.5 Å². The molecule has 142 valence electrons. The third-order valence-electron chi connectivity index (χ3n) is 4.91. The fourth-order valence-electron chi connectivity index (χ4n) is 3.52. The lowest BCUT2D eigenvalue weighted by Gasteiger charge is -2.25. The van der Waals surface area contributed by atoms with Crippen molar-refractivity contribution < 1.29 is 13.6 Å². The van der Waals surface area contributed by atoms with Crippen LogP contribution in [0.1, 0.15) is 24.2 Å². The highest BCUT2D eigenvalue weighted by Gasteiger charge is 2.30. The van der Waals surface area contributed by atoms with E-state index in [0.29, 0.717) is 23.3 Å². The van der Waals surface area contributed by atoms with Crippen LogP contribution in [0.2, 0.25) is 0 Å². The number of benzene rings is 2. The van der Waals surface area contributed by atoms with E-state index in [0.717, 1.165) is 24.7 Å². The number of halogens is 2. The van der Waals surface area contributed by atoms with Gasteiger partial charge in [-0.2, -0.15) is 5.26 Å². The highest BCUT2D eigenvalue weighted by atomic mass is 19.2. The van der Waals surface area contributed by atoms with Gasteiger partial charge in [0, 0.05) is 12.2 Å². The third kappa shape index (κ3) is 3.27. The summed E-state index contributed by atoms with van der Waals surface area (Å²) >= 11 is 0. The first-order valence-electron chi connectivity index (χ1n) is 8.94. The van der Waals surface area contributed by atoms with Crippen molar-refractivity contribution in [3.8, 4) is 6.07 Å². The smallest absolute Gasteiger partial charge is 0.243 e. The molecule has 28 heavy (non-hydrogen) atoms. The predicted octanol–water partition coefficient (Wildman–Crippen LogP) is 3.00. The lowest BCUT2D eigenvalue weighted by Crippen LogP contribution is -2.43. The van der Waals surface area contributed by atoms with Crippen LogP contribution in [0, 0.1) is 23.0 Å². The second-order valence-corrected chi connectivity index (χ2v) is 6.67. The SMILES string of the molecule is N#Cc1ccc(N2CCCC2C(=O)NCc2nc3c(F)c(F)ccc3[nH]2)cc1. The molecule has 1 aliphatic heterocycles. The number of rotatable bonds is 4. The summed E-state index contributed by atoms with van der Waals surface area (Å²) in [6.45, 7) is 0.839. The largest absolute Gasteiger partial charge is 0.360 e. The van der Waals surface area contributed by atoms with Crippen molar-refractivity contribution in [2.75, 3.05) is 11.4 Å². The van der Waals surface area contributed by atoms with E-state index in [1.807, 2.05) is 17.0 Å². The molecule has 0 aliphatic carbocycles. The van der Waals surface area contributed by atoms with E-state index in [-0.39, 0.29) is 24.0 Å². The maximum Gasteiger partial charge on any atom is 0.243 e. The van der Waals surface area contributed by atoms with E-state index >= 15 is 0 Å². The Morgan fingerprint density at radius 1 is 1.29 bits per heavy atom. The second kappa shape index (κ2) is 7.27. The van der Waals surface area contributed by atoms with E-state index < -0.39 is 11.6 Å². The van der Waals surface area contributed by atoms with Crippen LogP contribution in [-0.4, -0.2) is 28.5 Å². The molecule has 6 nitrogen and oxygen atoms in total. The molecule has 1 fully saturated rings. The predicted molar refractivity (Wildman–Crippen MR) is 99.4 cm³/mol. The first kappa shape index (κ1) is 17.9. The molecular weight excluding hydrogens is 364 g/mol. The number of carbonyl (C=O) groups is 1. The molecule has 1 saturated heterocycles. The van der Waals surface area contributed by atoms with Gasteiger partial charge in [0.1, 0.15) is 17.4 Å². The van der Waals surface area contributed by atoms with Gasteiger partial charge in [-0.05, 0) is 49.2 Å². The zero-order valence-corrected chi connectivity index (χ0v) is 14.9. The first-order valence-corrected chi connectivity index (χ1v) is 8.94. The van der Waals surface area contributed by atoms with E-state index in [9.17, 15) is 13.6 Å². The summed E-state index contributed by atoms with van der Waals surface area (Å²) in [6.07, 6.45) is 1.60. The highest BCUT2D eigenvalue weighted by Crippen LogP contribution is 2.26. The molecule has 8 heteroatoms. The van der Waals surface area contributed by atoms with Crippen LogP contribution in [0.15, 0.2) is 36.4 Å². The molecule has 3 aromatic rings. The van der Waals surface area contributed by atoms with Crippen molar-refractivity contribution in [2.24, 2.45) is 0 Å². The average molecular weight is 381 g/mol. The van der Waals surface area contributed by atoms with Crippen molar-refractivity contribution in [3.63, 3.8) is 0 Å². The second-order valence-electron chi connectivity index (χ2n) is 6.67. The number of hydrogen-bond acceptors (Lipinski definition) is 4. The molecule has 0 saturated carbocycles. The molecule has 1 amide bonds. The van der Waals surface area contributed by atoms with Gasteiger partial charge in [-0.3, -0.25) is 4.79 Å². The number of anilines is 1. The van der Waals surface area contributed by atoms with E-state index in [1.54, 1.807) is 12.1 Å². The normalized spacial score (nSPS) is 16.3. The zero-order chi connectivity index (χ0) is 19.7. The van der Waals surface area contributed by atoms with Crippen LogP contribution in [0.25, 0.3) is 11.0 Å². The number of carbonyl (C=O) groups excluding carboxylic acids is 1. The minimum atomic E-state index is -1.01. The third-order valence-corrected chi connectivity index (χ3v) is 4.91. The topological polar surface area (TPSA) is 84.8 Å². The number of aromatic amines is 1. The number of hydrogen-bond donors (Lipinski definition) is 2. The van der Waals surface area contributed by atoms with E-state index in [4.69, 9.17) is 5.26 Å². The van der Waals surface area contributed by atoms with Crippen LogP contribution in [0.3, 0.4) is 0 Å². The summed E-state index contributed by atoms with van der Waals surface area (Å²) in [6, 6.07) is 11.3. The zero-order valence-electron chi connectivity index (χ0n) is 14.9. The first-order chi connectivity index (χ1) is 13.6. The Labute approximate surface area is 159 Å². The van der Waals surface area contributed by atoms with Crippen molar-refractivity contribution >= 4 is 22.6 Å². The Bertz CT molecular complexity index is 1070. The van der Waals surface area contributed by atoms with Crippen LogP contribution in [0.5, 0.6) is 0 Å². The Morgan fingerprint density at radius 3 is 2.82 bits per heavy atom. The fourth-order valence-corrected chi connectivity index (χ4v) is 3.52. The summed E-state index contributed by atoms with van der Waals surface area (Å²) < 4.78 is 27.1. The van der Waals surface area contributed by atoms with Crippen molar-refractivity contribution in [2.45, 2.75) is 25.4 Å². The summed E-state index contributed by atoms with van der Waals surface area (Å²) in [7, 11) is 0. The van der Waals surface area contributed by atoms with Gasteiger partial charge in [-0.1, -0.05) is 0 Å². The Kier molecular flexibility index (Phi) is 4.65. The summed E-state index contributed by atoms with van der Waals surface area (Å²) in [5.41, 5.74) is 1.75.